The Kier molecular flexibility index (Phi) is 3.96. The molecule has 2 heterocycles. The summed E-state index contributed by atoms with van der Waals surface area (Å²) in [7, 11) is 1.64. The maximum atomic E-state index is 5.36. The summed E-state index contributed by atoms with van der Waals surface area (Å²) in [5.74, 6) is 1.25. The first-order valence-electron chi connectivity index (χ1n) is 6.92. The van der Waals surface area contributed by atoms with Crippen LogP contribution in [0, 0.1) is 6.92 Å². The molecule has 5 heteroatoms. The van der Waals surface area contributed by atoms with Gasteiger partial charge in [0.2, 0.25) is 5.95 Å². The van der Waals surface area contributed by atoms with Gasteiger partial charge in [0.1, 0.15) is 5.75 Å². The molecular weight excluding hydrogens is 276 g/mol. The highest BCUT2D eigenvalue weighted by Gasteiger charge is 2.07. The first-order valence-corrected chi connectivity index (χ1v) is 6.92. The van der Waals surface area contributed by atoms with E-state index in [-0.39, 0.29) is 0 Å². The van der Waals surface area contributed by atoms with Crippen molar-refractivity contribution in [2.45, 2.75) is 6.92 Å². The standard InChI is InChI=1S/C17H16N4O/c1-12-6-7-16(22-2)15(11-12)21-17-19-10-8-14(20-17)13-5-3-4-9-18-13/h3-11H,1-2H3,(H,19,20,21). The fourth-order valence-corrected chi connectivity index (χ4v) is 2.12. The van der Waals surface area contributed by atoms with Crippen molar-refractivity contribution >= 4 is 11.6 Å². The van der Waals surface area contributed by atoms with Gasteiger partial charge < -0.3 is 10.1 Å². The van der Waals surface area contributed by atoms with Gasteiger partial charge in [0.15, 0.2) is 0 Å². The predicted molar refractivity (Wildman–Crippen MR) is 86.3 cm³/mol. The Bertz CT molecular complexity index is 775. The van der Waals surface area contributed by atoms with Crippen molar-refractivity contribution in [3.05, 3.63) is 60.4 Å². The molecule has 0 unspecified atom stereocenters. The molecule has 0 atom stereocenters. The number of hydrogen-bond donors (Lipinski definition) is 1. The molecule has 0 spiro atoms. The van der Waals surface area contributed by atoms with Gasteiger partial charge in [-0.05, 0) is 42.8 Å². The molecule has 1 N–H and O–H groups in total. The van der Waals surface area contributed by atoms with Crippen molar-refractivity contribution in [1.29, 1.82) is 0 Å². The highest BCUT2D eigenvalue weighted by Crippen LogP contribution is 2.27. The van der Waals surface area contributed by atoms with Crippen LogP contribution in [0.5, 0.6) is 5.75 Å². The number of methoxy groups -OCH3 is 1. The number of hydrogen-bond acceptors (Lipinski definition) is 5. The van der Waals surface area contributed by atoms with Crippen LogP contribution < -0.4 is 10.1 Å². The van der Waals surface area contributed by atoms with Crippen molar-refractivity contribution < 1.29 is 4.74 Å². The van der Waals surface area contributed by atoms with Crippen LogP contribution in [0.1, 0.15) is 5.56 Å². The first-order chi connectivity index (χ1) is 10.8. The Balaban J connectivity index is 1.92. The van der Waals surface area contributed by atoms with E-state index in [0.717, 1.165) is 28.4 Å². The second kappa shape index (κ2) is 6.22. The smallest absolute Gasteiger partial charge is 0.227 e. The summed E-state index contributed by atoms with van der Waals surface area (Å²) in [6.07, 6.45) is 3.45. The number of rotatable bonds is 4. The van der Waals surface area contributed by atoms with Gasteiger partial charge in [-0.3, -0.25) is 4.98 Å². The molecule has 3 aromatic rings. The molecule has 110 valence electrons. The number of nitrogens with zero attached hydrogens (tertiary/aromatic N) is 3. The van der Waals surface area contributed by atoms with E-state index in [4.69, 9.17) is 4.74 Å². The third-order valence-electron chi connectivity index (χ3n) is 3.18. The van der Waals surface area contributed by atoms with Gasteiger partial charge in [-0.15, -0.1) is 0 Å². The van der Waals surface area contributed by atoms with Crippen molar-refractivity contribution in [2.75, 3.05) is 12.4 Å². The third-order valence-corrected chi connectivity index (χ3v) is 3.18. The fraction of sp³-hybridized carbons (Fsp3) is 0.118. The molecule has 0 saturated heterocycles. The van der Waals surface area contributed by atoms with Crippen molar-refractivity contribution in [3.8, 4) is 17.1 Å². The molecule has 0 saturated carbocycles. The van der Waals surface area contributed by atoms with Crippen LogP contribution in [0.25, 0.3) is 11.4 Å². The number of pyridine rings is 1. The zero-order valence-corrected chi connectivity index (χ0v) is 12.4. The summed E-state index contributed by atoms with van der Waals surface area (Å²) in [5.41, 5.74) is 3.54. The lowest BCUT2D eigenvalue weighted by Crippen LogP contribution is -2.00. The van der Waals surface area contributed by atoms with Crippen LogP contribution in [-0.2, 0) is 0 Å². The molecule has 0 aliphatic heterocycles. The number of aromatic nitrogens is 3. The van der Waals surface area contributed by atoms with Crippen molar-refractivity contribution in [1.82, 2.24) is 15.0 Å². The number of nitrogens with one attached hydrogen (secondary N) is 1. The second-order valence-corrected chi connectivity index (χ2v) is 4.81. The van der Waals surface area contributed by atoms with Gasteiger partial charge in [-0.2, -0.15) is 0 Å². The lowest BCUT2D eigenvalue weighted by atomic mass is 10.2. The van der Waals surface area contributed by atoms with E-state index in [2.05, 4.69) is 20.3 Å². The summed E-state index contributed by atoms with van der Waals surface area (Å²) in [6.45, 7) is 2.02. The van der Waals surface area contributed by atoms with Gasteiger partial charge in [-0.25, -0.2) is 9.97 Å². The van der Waals surface area contributed by atoms with Crippen LogP contribution >= 0.6 is 0 Å². The van der Waals surface area contributed by atoms with E-state index >= 15 is 0 Å². The van der Waals surface area contributed by atoms with Crippen LogP contribution in [-0.4, -0.2) is 22.1 Å². The quantitative estimate of drug-likeness (QED) is 0.796. The van der Waals surface area contributed by atoms with Gasteiger partial charge in [0, 0.05) is 12.4 Å². The number of anilines is 2. The molecule has 0 fully saturated rings. The Morgan fingerprint density at radius 2 is 1.86 bits per heavy atom. The topological polar surface area (TPSA) is 59.9 Å². The van der Waals surface area contributed by atoms with E-state index < -0.39 is 0 Å². The lowest BCUT2D eigenvalue weighted by Gasteiger charge is -2.11. The number of aryl methyl sites for hydroxylation is 1. The molecule has 5 nitrogen and oxygen atoms in total. The van der Waals surface area contributed by atoms with E-state index in [1.807, 2.05) is 49.4 Å². The maximum Gasteiger partial charge on any atom is 0.227 e. The molecule has 0 amide bonds. The van der Waals surface area contributed by atoms with E-state index in [1.54, 1.807) is 19.5 Å². The average molecular weight is 292 g/mol. The highest BCUT2D eigenvalue weighted by atomic mass is 16.5. The maximum absolute atomic E-state index is 5.36. The molecule has 2 aromatic heterocycles. The first kappa shape index (κ1) is 14.0. The summed E-state index contributed by atoms with van der Waals surface area (Å²) in [4.78, 5) is 13.1. The normalized spacial score (nSPS) is 10.3. The van der Waals surface area contributed by atoms with Crippen molar-refractivity contribution in [2.24, 2.45) is 0 Å². The number of ether oxygens (including phenoxy) is 1. The van der Waals surface area contributed by atoms with Gasteiger partial charge in [0.25, 0.3) is 0 Å². The molecule has 0 aliphatic rings. The SMILES string of the molecule is COc1ccc(C)cc1Nc1nccc(-c2ccccn2)n1. The molecular formula is C17H16N4O. The average Bonchev–Trinajstić information content (AvgIpc) is 2.56. The Hall–Kier alpha value is -2.95. The lowest BCUT2D eigenvalue weighted by molar-refractivity contribution is 0.416. The Morgan fingerprint density at radius 1 is 0.955 bits per heavy atom. The fourth-order valence-electron chi connectivity index (χ4n) is 2.12. The Labute approximate surface area is 129 Å². The largest absolute Gasteiger partial charge is 0.495 e. The van der Waals surface area contributed by atoms with Gasteiger partial charge in [-0.1, -0.05) is 12.1 Å². The second-order valence-electron chi connectivity index (χ2n) is 4.81. The molecule has 3 rings (SSSR count). The van der Waals surface area contributed by atoms with Crippen LogP contribution in [0.2, 0.25) is 0 Å². The minimum Gasteiger partial charge on any atom is -0.495 e. The summed E-state index contributed by atoms with van der Waals surface area (Å²) in [5, 5.41) is 3.20. The monoisotopic (exact) mass is 292 g/mol. The van der Waals surface area contributed by atoms with E-state index in [0.29, 0.717) is 5.95 Å². The summed E-state index contributed by atoms with van der Waals surface area (Å²) >= 11 is 0. The van der Waals surface area contributed by atoms with Gasteiger partial charge in [0.05, 0.1) is 24.2 Å². The zero-order chi connectivity index (χ0) is 15.4. The van der Waals surface area contributed by atoms with Crippen LogP contribution in [0.4, 0.5) is 11.6 Å². The molecule has 0 radical (unpaired) electrons. The molecule has 0 bridgehead atoms. The highest BCUT2D eigenvalue weighted by molar-refractivity contribution is 5.65. The van der Waals surface area contributed by atoms with E-state index in [9.17, 15) is 0 Å². The minimum absolute atomic E-state index is 0.507. The van der Waals surface area contributed by atoms with Crippen LogP contribution in [0.15, 0.2) is 54.9 Å². The molecule has 0 aliphatic carbocycles. The van der Waals surface area contributed by atoms with E-state index in [1.165, 1.54) is 0 Å². The number of benzene rings is 1. The molecule has 1 aromatic carbocycles. The zero-order valence-electron chi connectivity index (χ0n) is 12.4. The summed E-state index contributed by atoms with van der Waals surface area (Å²) in [6, 6.07) is 13.5. The van der Waals surface area contributed by atoms with Crippen molar-refractivity contribution in [3.63, 3.8) is 0 Å². The minimum atomic E-state index is 0.507. The predicted octanol–water partition coefficient (Wildman–Crippen LogP) is 3.60. The third kappa shape index (κ3) is 3.03. The summed E-state index contributed by atoms with van der Waals surface area (Å²) < 4.78 is 5.36. The molecule has 22 heavy (non-hydrogen) atoms. The van der Waals surface area contributed by atoms with Crippen LogP contribution in [0.3, 0.4) is 0 Å². The van der Waals surface area contributed by atoms with Gasteiger partial charge >= 0.3 is 0 Å². The Morgan fingerprint density at radius 3 is 2.64 bits per heavy atom.